The summed E-state index contributed by atoms with van der Waals surface area (Å²) in [5.41, 5.74) is 4.05. The molecule has 1 nitrogen and oxygen atoms in total. The monoisotopic (exact) mass is 309 g/mol. The summed E-state index contributed by atoms with van der Waals surface area (Å²) in [6.07, 6.45) is 0. The highest BCUT2D eigenvalue weighted by atomic mass is 127. The molecule has 1 aliphatic heterocycles. The Morgan fingerprint density at radius 1 is 1.00 bits per heavy atom. The van der Waals surface area contributed by atoms with Crippen LogP contribution < -0.4 is 24.0 Å². The van der Waals surface area contributed by atoms with E-state index < -0.39 is 0 Å². The maximum absolute atomic E-state index is 2.26. The highest BCUT2D eigenvalue weighted by molar-refractivity contribution is 6.14. The highest BCUT2D eigenvalue weighted by Crippen LogP contribution is 2.33. The summed E-state index contributed by atoms with van der Waals surface area (Å²) in [5.74, 6) is 0. The van der Waals surface area contributed by atoms with Crippen LogP contribution in [0.1, 0.15) is 12.5 Å². The Morgan fingerprint density at radius 3 is 2.40 bits per heavy atom. The van der Waals surface area contributed by atoms with Gasteiger partial charge in [-0.15, -0.1) is 0 Å². The number of nitrogens with zero attached hydrogens (tertiary/aromatic N) is 1. The number of halogens is 1. The molecule has 2 aromatic rings. The van der Waals surface area contributed by atoms with E-state index in [1.54, 1.807) is 0 Å². The van der Waals surface area contributed by atoms with E-state index in [1.807, 2.05) is 0 Å². The summed E-state index contributed by atoms with van der Waals surface area (Å²) >= 11 is 0. The molecule has 1 heterocycles. The Morgan fingerprint density at radius 2 is 1.67 bits per heavy atom. The molecule has 3 rings (SSSR count). The molecule has 1 aliphatic rings. The molecule has 0 atom stereocenters. The Bertz CT molecular complexity index is 523. The lowest BCUT2D eigenvalue weighted by molar-refractivity contribution is -0.400. The lowest BCUT2D eigenvalue weighted by Crippen LogP contribution is -3.00. The molecule has 0 spiro atoms. The predicted molar refractivity (Wildman–Crippen MR) is 59.6 cm³/mol. The lowest BCUT2D eigenvalue weighted by atomic mass is 10.0. The van der Waals surface area contributed by atoms with Crippen LogP contribution in [0.25, 0.3) is 10.8 Å². The van der Waals surface area contributed by atoms with Gasteiger partial charge in [-0.2, -0.15) is 4.58 Å². The first-order valence-electron chi connectivity index (χ1n) is 4.88. The van der Waals surface area contributed by atoms with Crippen molar-refractivity contribution in [2.45, 2.75) is 6.92 Å². The predicted octanol–water partition coefficient (Wildman–Crippen LogP) is -0.0598. The van der Waals surface area contributed by atoms with Gasteiger partial charge < -0.3 is 24.0 Å². The average molecular weight is 309 g/mol. The minimum atomic E-state index is 0. The number of hydrogen-bond donors (Lipinski definition) is 0. The maximum Gasteiger partial charge on any atom is 0.213 e. The quantitative estimate of drug-likeness (QED) is 0.474. The van der Waals surface area contributed by atoms with Crippen molar-refractivity contribution in [2.75, 3.05) is 7.05 Å². The van der Waals surface area contributed by atoms with Gasteiger partial charge >= 0.3 is 0 Å². The Kier molecular flexibility index (Phi) is 2.54. The Labute approximate surface area is 106 Å². The smallest absolute Gasteiger partial charge is 0.213 e. The highest BCUT2D eigenvalue weighted by Gasteiger charge is 2.25. The fraction of sp³-hybridized carbons (Fsp3) is 0.154. The van der Waals surface area contributed by atoms with E-state index in [4.69, 9.17) is 0 Å². The van der Waals surface area contributed by atoms with Crippen molar-refractivity contribution >= 4 is 22.2 Å². The molecule has 15 heavy (non-hydrogen) atoms. The number of benzene rings is 2. The van der Waals surface area contributed by atoms with Crippen LogP contribution in [0.3, 0.4) is 0 Å². The third-order valence-corrected chi connectivity index (χ3v) is 3.14. The zero-order valence-corrected chi connectivity index (χ0v) is 10.9. The summed E-state index contributed by atoms with van der Waals surface area (Å²) in [6.45, 7) is 2.18. The molecule has 0 fully saturated rings. The van der Waals surface area contributed by atoms with E-state index in [1.165, 1.54) is 27.7 Å². The molecule has 0 saturated heterocycles. The standard InChI is InChI=1S/C13H12N.HI/c1-9-11-7-3-5-10-6-4-8-12(13(10)11)14(9)2;/h3-8H,1-2H3;1H/q+1;/p-1. The van der Waals surface area contributed by atoms with Gasteiger partial charge in [0, 0.05) is 13.0 Å². The van der Waals surface area contributed by atoms with Crippen molar-refractivity contribution in [1.82, 2.24) is 0 Å². The topological polar surface area (TPSA) is 3.01 Å². The van der Waals surface area contributed by atoms with Crippen LogP contribution in [0.4, 0.5) is 5.69 Å². The molecule has 0 saturated carbocycles. The largest absolute Gasteiger partial charge is 1.00 e. The second-order valence-electron chi connectivity index (χ2n) is 3.83. The first-order valence-corrected chi connectivity index (χ1v) is 4.88. The molecule has 0 amide bonds. The normalized spacial score (nSPS) is 13.2. The van der Waals surface area contributed by atoms with Crippen molar-refractivity contribution in [3.8, 4) is 0 Å². The summed E-state index contributed by atoms with van der Waals surface area (Å²) in [6, 6.07) is 13.0. The molecular weight excluding hydrogens is 297 g/mol. The van der Waals surface area contributed by atoms with E-state index in [9.17, 15) is 0 Å². The second kappa shape index (κ2) is 3.59. The maximum atomic E-state index is 2.26. The van der Waals surface area contributed by atoms with Crippen LogP contribution in [0.2, 0.25) is 0 Å². The fourth-order valence-electron chi connectivity index (χ4n) is 2.26. The van der Waals surface area contributed by atoms with Gasteiger partial charge in [0.05, 0.1) is 10.9 Å². The van der Waals surface area contributed by atoms with Crippen LogP contribution in [-0.2, 0) is 0 Å². The van der Waals surface area contributed by atoms with E-state index in [2.05, 4.69) is 54.9 Å². The van der Waals surface area contributed by atoms with Crippen molar-refractivity contribution in [3.05, 3.63) is 42.0 Å². The van der Waals surface area contributed by atoms with Gasteiger partial charge in [-0.05, 0) is 11.5 Å². The van der Waals surface area contributed by atoms with Gasteiger partial charge in [0.25, 0.3) is 0 Å². The number of hydrogen-bond acceptors (Lipinski definition) is 0. The third kappa shape index (κ3) is 1.31. The van der Waals surface area contributed by atoms with Crippen molar-refractivity contribution in [3.63, 3.8) is 0 Å². The molecule has 0 aliphatic carbocycles. The van der Waals surface area contributed by atoms with E-state index in [-0.39, 0.29) is 24.0 Å². The van der Waals surface area contributed by atoms with Crippen molar-refractivity contribution < 1.29 is 28.6 Å². The van der Waals surface area contributed by atoms with Crippen LogP contribution in [0.15, 0.2) is 36.4 Å². The van der Waals surface area contributed by atoms with Gasteiger partial charge in [0.1, 0.15) is 7.05 Å². The lowest BCUT2D eigenvalue weighted by Gasteiger charge is -1.96. The summed E-state index contributed by atoms with van der Waals surface area (Å²) in [4.78, 5) is 0. The van der Waals surface area contributed by atoms with Gasteiger partial charge in [0.15, 0.2) is 5.71 Å². The SMILES string of the molecule is CC1=[N+](C)c2cccc3cccc1c23.[I-]. The molecule has 0 unspecified atom stereocenters. The van der Waals surface area contributed by atoms with Crippen LogP contribution in [0, 0.1) is 0 Å². The summed E-state index contributed by atoms with van der Waals surface area (Å²) < 4.78 is 2.26. The molecule has 76 valence electrons. The molecular formula is C13H12IN. The molecule has 2 aromatic carbocycles. The summed E-state index contributed by atoms with van der Waals surface area (Å²) in [5, 5.41) is 2.73. The van der Waals surface area contributed by atoms with Crippen LogP contribution in [-0.4, -0.2) is 17.3 Å². The minimum Gasteiger partial charge on any atom is -1.00 e. The Balaban J connectivity index is 0.000000853. The first kappa shape index (κ1) is 10.6. The van der Waals surface area contributed by atoms with E-state index in [0.717, 1.165) is 0 Å². The van der Waals surface area contributed by atoms with Crippen molar-refractivity contribution in [2.24, 2.45) is 0 Å². The zero-order chi connectivity index (χ0) is 9.71. The fourth-order valence-corrected chi connectivity index (χ4v) is 2.26. The third-order valence-electron chi connectivity index (χ3n) is 3.14. The molecule has 0 N–H and O–H groups in total. The minimum absolute atomic E-state index is 0. The molecule has 0 radical (unpaired) electrons. The summed E-state index contributed by atoms with van der Waals surface area (Å²) in [7, 11) is 2.13. The van der Waals surface area contributed by atoms with Crippen LogP contribution in [0.5, 0.6) is 0 Å². The van der Waals surface area contributed by atoms with Gasteiger partial charge in [0.2, 0.25) is 5.69 Å². The second-order valence-corrected chi connectivity index (χ2v) is 3.83. The van der Waals surface area contributed by atoms with Gasteiger partial charge in [-0.25, -0.2) is 0 Å². The van der Waals surface area contributed by atoms with E-state index >= 15 is 0 Å². The van der Waals surface area contributed by atoms with E-state index in [0.29, 0.717) is 0 Å². The van der Waals surface area contributed by atoms with Crippen LogP contribution >= 0.6 is 0 Å². The Hall–Kier alpha value is -0.900. The molecule has 2 heteroatoms. The zero-order valence-electron chi connectivity index (χ0n) is 8.79. The van der Waals surface area contributed by atoms with Crippen molar-refractivity contribution in [1.29, 1.82) is 0 Å². The first-order chi connectivity index (χ1) is 6.79. The van der Waals surface area contributed by atoms with Gasteiger partial charge in [-0.3, -0.25) is 0 Å². The molecule has 0 aromatic heterocycles. The number of rotatable bonds is 0. The molecule has 0 bridgehead atoms. The van der Waals surface area contributed by atoms with Gasteiger partial charge in [-0.1, -0.05) is 24.3 Å². The average Bonchev–Trinajstić information content (AvgIpc) is 2.47.